The van der Waals surface area contributed by atoms with E-state index < -0.39 is 0 Å². The van der Waals surface area contributed by atoms with Gasteiger partial charge in [-0.2, -0.15) is 0 Å². The summed E-state index contributed by atoms with van der Waals surface area (Å²) < 4.78 is 10.6. The number of hydrogen-bond donors (Lipinski definition) is 0. The Labute approximate surface area is 143 Å². The zero-order valence-corrected chi connectivity index (χ0v) is 14.5. The number of allylic oxidation sites excluding steroid dienone is 1. The first-order valence-electron chi connectivity index (χ1n) is 8.94. The Morgan fingerprint density at radius 2 is 1.71 bits per heavy atom. The lowest BCUT2D eigenvalue weighted by molar-refractivity contribution is 0.0634. The van der Waals surface area contributed by atoms with E-state index in [0.717, 1.165) is 31.6 Å². The van der Waals surface area contributed by atoms with Crippen LogP contribution in [0.25, 0.3) is 0 Å². The van der Waals surface area contributed by atoms with Crippen LogP contribution >= 0.6 is 0 Å². The molecule has 4 rings (SSSR count). The minimum Gasteiger partial charge on any atom is -0.493 e. The van der Waals surface area contributed by atoms with Gasteiger partial charge >= 0.3 is 0 Å². The van der Waals surface area contributed by atoms with Crippen molar-refractivity contribution < 1.29 is 14.3 Å². The number of rotatable bonds is 4. The number of piperidine rings is 1. The first kappa shape index (κ1) is 15.6. The molecule has 1 aromatic carbocycles. The average molecular weight is 327 g/mol. The summed E-state index contributed by atoms with van der Waals surface area (Å²) in [5, 5.41) is 0. The van der Waals surface area contributed by atoms with E-state index in [9.17, 15) is 4.79 Å². The fraction of sp³-hybridized carbons (Fsp3) is 0.550. The van der Waals surface area contributed by atoms with Crippen molar-refractivity contribution in [2.45, 2.75) is 50.6 Å². The Kier molecular flexibility index (Phi) is 3.99. The normalized spacial score (nSPS) is 25.6. The quantitative estimate of drug-likeness (QED) is 0.790. The molecule has 3 fully saturated rings. The third-order valence-corrected chi connectivity index (χ3v) is 5.57. The molecular weight excluding hydrogens is 302 g/mol. The van der Waals surface area contributed by atoms with Gasteiger partial charge in [0.25, 0.3) is 5.91 Å². The van der Waals surface area contributed by atoms with Gasteiger partial charge in [0.05, 0.1) is 14.2 Å². The molecule has 2 unspecified atom stereocenters. The van der Waals surface area contributed by atoms with Crippen molar-refractivity contribution in [2.24, 2.45) is 5.92 Å². The maximum atomic E-state index is 13.1. The number of methoxy groups -OCH3 is 2. The fourth-order valence-corrected chi connectivity index (χ4v) is 4.23. The third kappa shape index (κ3) is 2.79. The summed E-state index contributed by atoms with van der Waals surface area (Å²) in [5.41, 5.74) is 2.28. The molecule has 2 atom stereocenters. The van der Waals surface area contributed by atoms with E-state index in [-0.39, 0.29) is 5.91 Å². The second-order valence-electron chi connectivity index (χ2n) is 7.24. The molecule has 2 aliphatic heterocycles. The molecule has 1 saturated carbocycles. The van der Waals surface area contributed by atoms with Gasteiger partial charge in [-0.3, -0.25) is 4.79 Å². The third-order valence-electron chi connectivity index (χ3n) is 5.57. The summed E-state index contributed by atoms with van der Waals surface area (Å²) >= 11 is 0. The predicted octanol–water partition coefficient (Wildman–Crippen LogP) is 3.81. The maximum Gasteiger partial charge on any atom is 0.254 e. The second-order valence-corrected chi connectivity index (χ2v) is 7.24. The highest BCUT2D eigenvalue weighted by Crippen LogP contribution is 2.42. The van der Waals surface area contributed by atoms with Gasteiger partial charge in [0, 0.05) is 17.6 Å². The molecular formula is C20H25NO3. The molecule has 0 aromatic heterocycles. The number of carbonyl (C=O) groups excluding carboxylic acids is 1. The molecule has 0 radical (unpaired) electrons. The van der Waals surface area contributed by atoms with E-state index in [0.29, 0.717) is 29.1 Å². The van der Waals surface area contributed by atoms with Crippen molar-refractivity contribution in [1.82, 2.24) is 4.90 Å². The van der Waals surface area contributed by atoms with Gasteiger partial charge in [-0.05, 0) is 62.6 Å². The second kappa shape index (κ2) is 6.15. The summed E-state index contributed by atoms with van der Waals surface area (Å²) in [6, 6.07) is 6.20. The smallest absolute Gasteiger partial charge is 0.254 e. The van der Waals surface area contributed by atoms with E-state index in [1.807, 2.05) is 12.1 Å². The minimum absolute atomic E-state index is 0.133. The lowest BCUT2D eigenvalue weighted by Gasteiger charge is -2.36. The number of fused-ring (bicyclic) bond motifs is 2. The van der Waals surface area contributed by atoms with E-state index in [2.05, 4.69) is 11.0 Å². The standard InChI is InChI=1S/C20H25NO3/c1-23-18-8-5-15(12-19(18)24-2)20(22)21-16-6-7-17(21)11-14(10-16)9-13-3-4-13/h5,8-9,12-13,16-17H,3-4,6-7,10-11H2,1-2H3. The van der Waals surface area contributed by atoms with Gasteiger partial charge in [0.2, 0.25) is 0 Å². The van der Waals surface area contributed by atoms with Gasteiger partial charge in [-0.1, -0.05) is 11.6 Å². The van der Waals surface area contributed by atoms with Crippen LogP contribution in [-0.4, -0.2) is 37.1 Å². The van der Waals surface area contributed by atoms with Crippen molar-refractivity contribution in [1.29, 1.82) is 0 Å². The summed E-state index contributed by atoms with van der Waals surface area (Å²) in [6.45, 7) is 0. The van der Waals surface area contributed by atoms with Crippen LogP contribution in [0.5, 0.6) is 11.5 Å². The zero-order chi connectivity index (χ0) is 16.7. The van der Waals surface area contributed by atoms with Crippen molar-refractivity contribution >= 4 is 5.91 Å². The van der Waals surface area contributed by atoms with Crippen molar-refractivity contribution in [3.05, 3.63) is 35.4 Å². The maximum absolute atomic E-state index is 13.1. The molecule has 2 saturated heterocycles. The lowest BCUT2D eigenvalue weighted by atomic mass is 9.94. The molecule has 1 amide bonds. The van der Waals surface area contributed by atoms with E-state index >= 15 is 0 Å². The number of amides is 1. The molecule has 2 heterocycles. The summed E-state index contributed by atoms with van der Waals surface area (Å²) in [4.78, 5) is 15.2. The van der Waals surface area contributed by atoms with Crippen molar-refractivity contribution in [3.8, 4) is 11.5 Å². The van der Waals surface area contributed by atoms with E-state index in [1.165, 1.54) is 12.8 Å². The number of nitrogens with zero attached hydrogens (tertiary/aromatic N) is 1. The number of benzene rings is 1. The van der Waals surface area contributed by atoms with Crippen LogP contribution in [0.1, 0.15) is 48.9 Å². The molecule has 0 N–H and O–H groups in total. The molecule has 1 aromatic rings. The molecule has 1 aliphatic carbocycles. The summed E-state index contributed by atoms with van der Waals surface area (Å²) in [5.74, 6) is 2.23. The van der Waals surface area contributed by atoms with Crippen LogP contribution in [0, 0.1) is 5.92 Å². The van der Waals surface area contributed by atoms with Crippen LogP contribution in [0.15, 0.2) is 29.8 Å². The SMILES string of the molecule is COc1ccc(C(=O)N2C3CCC2CC(=CC2CC2)C3)cc1OC. The van der Waals surface area contributed by atoms with E-state index in [4.69, 9.17) is 9.47 Å². The Balaban J connectivity index is 1.55. The van der Waals surface area contributed by atoms with Crippen LogP contribution in [0.4, 0.5) is 0 Å². The highest BCUT2D eigenvalue weighted by molar-refractivity contribution is 5.95. The minimum atomic E-state index is 0.133. The Morgan fingerprint density at radius 1 is 1.04 bits per heavy atom. The van der Waals surface area contributed by atoms with Crippen molar-refractivity contribution in [2.75, 3.05) is 14.2 Å². The van der Waals surface area contributed by atoms with E-state index in [1.54, 1.807) is 25.9 Å². The van der Waals surface area contributed by atoms with Gasteiger partial charge in [0.15, 0.2) is 11.5 Å². The monoisotopic (exact) mass is 327 g/mol. The largest absolute Gasteiger partial charge is 0.493 e. The van der Waals surface area contributed by atoms with Gasteiger partial charge in [-0.15, -0.1) is 0 Å². The van der Waals surface area contributed by atoms with Gasteiger partial charge in [-0.25, -0.2) is 0 Å². The van der Waals surface area contributed by atoms with Crippen molar-refractivity contribution in [3.63, 3.8) is 0 Å². The zero-order valence-electron chi connectivity index (χ0n) is 14.5. The highest BCUT2D eigenvalue weighted by Gasteiger charge is 2.42. The molecule has 4 nitrogen and oxygen atoms in total. The van der Waals surface area contributed by atoms with Crippen LogP contribution < -0.4 is 9.47 Å². The highest BCUT2D eigenvalue weighted by atomic mass is 16.5. The average Bonchev–Trinajstić information content (AvgIpc) is 3.37. The van der Waals surface area contributed by atoms with Crippen LogP contribution in [0.3, 0.4) is 0 Å². The Bertz CT molecular complexity index is 661. The topological polar surface area (TPSA) is 38.8 Å². The Morgan fingerprint density at radius 3 is 2.29 bits per heavy atom. The first-order valence-corrected chi connectivity index (χ1v) is 8.94. The summed E-state index contributed by atoms with van der Waals surface area (Å²) in [7, 11) is 3.21. The Hall–Kier alpha value is -1.97. The van der Waals surface area contributed by atoms with Crippen LogP contribution in [-0.2, 0) is 0 Å². The van der Waals surface area contributed by atoms with Gasteiger partial charge in [0.1, 0.15) is 0 Å². The van der Waals surface area contributed by atoms with Crippen LogP contribution in [0.2, 0.25) is 0 Å². The number of carbonyl (C=O) groups is 1. The fourth-order valence-electron chi connectivity index (χ4n) is 4.23. The predicted molar refractivity (Wildman–Crippen MR) is 92.6 cm³/mol. The molecule has 3 aliphatic rings. The summed E-state index contributed by atoms with van der Waals surface area (Å²) in [6.07, 6.45) is 9.58. The lowest BCUT2D eigenvalue weighted by Crippen LogP contribution is -2.44. The number of ether oxygens (including phenoxy) is 2. The first-order chi connectivity index (χ1) is 11.7. The molecule has 24 heavy (non-hydrogen) atoms. The number of hydrogen-bond acceptors (Lipinski definition) is 3. The molecule has 4 heteroatoms. The molecule has 128 valence electrons. The molecule has 0 spiro atoms. The van der Waals surface area contributed by atoms with Gasteiger partial charge < -0.3 is 14.4 Å². The molecule has 2 bridgehead atoms.